The first kappa shape index (κ1) is 33.1. The number of rotatable bonds is 11. The molecule has 1 aromatic heterocycles. The molecule has 4 aromatic rings. The van der Waals surface area contributed by atoms with E-state index in [9.17, 15) is 14.4 Å². The van der Waals surface area contributed by atoms with Crippen molar-refractivity contribution >= 4 is 58.4 Å². The molecule has 1 aliphatic rings. The largest absolute Gasteiger partial charge is 0.493 e. The van der Waals surface area contributed by atoms with Gasteiger partial charge in [0.1, 0.15) is 0 Å². The molecule has 12 heteroatoms. The van der Waals surface area contributed by atoms with E-state index in [0.29, 0.717) is 20.6 Å². The zero-order chi connectivity index (χ0) is 32.8. The number of fused-ring (bicyclic) bond motifs is 1. The van der Waals surface area contributed by atoms with Crippen LogP contribution >= 0.6 is 34.7 Å². The number of hydrogen-bond acceptors (Lipinski definition) is 10. The topological polar surface area (TPSA) is 105 Å². The van der Waals surface area contributed by atoms with E-state index in [1.54, 1.807) is 48.4 Å². The number of thioether (sulfide) groups is 1. The Morgan fingerprint density at radius 2 is 1.76 bits per heavy atom. The van der Waals surface area contributed by atoms with Gasteiger partial charge in [-0.25, -0.2) is 14.6 Å². The quantitative estimate of drug-likeness (QED) is 0.156. The van der Waals surface area contributed by atoms with Gasteiger partial charge in [-0.05, 0) is 61.6 Å². The van der Waals surface area contributed by atoms with Crippen LogP contribution in [-0.4, -0.2) is 49.7 Å². The van der Waals surface area contributed by atoms with Crippen LogP contribution in [0.3, 0.4) is 0 Å². The maximum Gasteiger partial charge on any atom is 0.344 e. The Bertz CT molecular complexity index is 1970. The summed E-state index contributed by atoms with van der Waals surface area (Å²) < 4.78 is 23.4. The van der Waals surface area contributed by atoms with E-state index in [1.807, 2.05) is 60.9 Å². The predicted octanol–water partition coefficient (Wildman–Crippen LogP) is 5.26. The molecule has 0 spiro atoms. The lowest BCUT2D eigenvalue weighted by atomic mass is 9.93. The van der Waals surface area contributed by atoms with E-state index >= 15 is 0 Å². The molecule has 0 amide bonds. The Morgan fingerprint density at radius 1 is 1.04 bits per heavy atom. The molecule has 1 atom stereocenters. The molecule has 0 aliphatic carbocycles. The van der Waals surface area contributed by atoms with Crippen LogP contribution in [-0.2, 0) is 19.1 Å². The molecule has 46 heavy (non-hydrogen) atoms. The van der Waals surface area contributed by atoms with Crippen molar-refractivity contribution in [3.8, 4) is 11.5 Å². The molecule has 0 saturated heterocycles. The second kappa shape index (κ2) is 14.8. The van der Waals surface area contributed by atoms with Gasteiger partial charge in [-0.1, -0.05) is 65.4 Å². The van der Waals surface area contributed by atoms with Gasteiger partial charge in [0.05, 0.1) is 47.2 Å². The molecule has 0 N–H and O–H groups in total. The third-order valence-electron chi connectivity index (χ3n) is 6.99. The zero-order valence-electron chi connectivity index (χ0n) is 25.6. The van der Waals surface area contributed by atoms with Gasteiger partial charge < -0.3 is 18.9 Å². The summed E-state index contributed by atoms with van der Waals surface area (Å²) in [6.07, 6.45) is 3.66. The number of methoxy groups -OCH3 is 1. The molecular formula is C34H31ClN2O7S2. The molecule has 0 unspecified atom stereocenters. The minimum atomic E-state index is -0.791. The first-order chi connectivity index (χ1) is 22.3. The van der Waals surface area contributed by atoms with Gasteiger partial charge in [0.25, 0.3) is 5.56 Å². The fourth-order valence-corrected chi connectivity index (χ4v) is 6.67. The van der Waals surface area contributed by atoms with Crippen LogP contribution in [0.15, 0.2) is 87.0 Å². The second-order valence-electron chi connectivity index (χ2n) is 9.83. The Kier molecular flexibility index (Phi) is 10.7. The SMILES string of the molecule is CCOC(=O)COc1c(Cl)cc(/C=c2\sc3n(c2=O)[C@@H](c2ccc(SC)cc2)C(C(=O)OCC)=C(c2ccccc2)N=3)cc1OC. The van der Waals surface area contributed by atoms with Crippen molar-refractivity contribution in [3.05, 3.63) is 114 Å². The summed E-state index contributed by atoms with van der Waals surface area (Å²) >= 11 is 9.33. The van der Waals surface area contributed by atoms with Gasteiger partial charge in [-0.15, -0.1) is 11.8 Å². The van der Waals surface area contributed by atoms with Crippen molar-refractivity contribution in [2.45, 2.75) is 24.8 Å². The molecule has 0 radical (unpaired) electrons. The lowest BCUT2D eigenvalue weighted by molar-refractivity contribution is -0.145. The van der Waals surface area contributed by atoms with Gasteiger partial charge in [-0.2, -0.15) is 0 Å². The molecule has 5 rings (SSSR count). The Labute approximate surface area is 278 Å². The molecule has 9 nitrogen and oxygen atoms in total. The van der Waals surface area contributed by atoms with E-state index in [0.717, 1.165) is 16.0 Å². The van der Waals surface area contributed by atoms with Crippen molar-refractivity contribution in [2.75, 3.05) is 33.2 Å². The Hall–Kier alpha value is -4.32. The van der Waals surface area contributed by atoms with Gasteiger partial charge in [0, 0.05) is 10.5 Å². The fourth-order valence-electron chi connectivity index (χ4n) is 4.99. The third-order valence-corrected chi connectivity index (χ3v) is 9.00. The van der Waals surface area contributed by atoms with Crippen molar-refractivity contribution < 1.29 is 28.5 Å². The maximum absolute atomic E-state index is 14.2. The number of ether oxygens (including phenoxy) is 4. The normalized spacial score (nSPS) is 14.4. The first-order valence-corrected chi connectivity index (χ1v) is 16.8. The molecule has 0 bridgehead atoms. The summed E-state index contributed by atoms with van der Waals surface area (Å²) in [5.74, 6) is -0.636. The number of carbonyl (C=O) groups excluding carboxylic acids is 2. The third kappa shape index (κ3) is 6.91. The first-order valence-electron chi connectivity index (χ1n) is 14.4. The average Bonchev–Trinajstić information content (AvgIpc) is 3.37. The number of carbonyl (C=O) groups is 2. The maximum atomic E-state index is 14.2. The Morgan fingerprint density at radius 3 is 2.41 bits per heavy atom. The Balaban J connectivity index is 1.69. The van der Waals surface area contributed by atoms with Gasteiger partial charge >= 0.3 is 11.9 Å². The van der Waals surface area contributed by atoms with Crippen molar-refractivity contribution in [2.24, 2.45) is 4.99 Å². The number of hydrogen-bond donors (Lipinski definition) is 0. The molecule has 3 aromatic carbocycles. The van der Waals surface area contributed by atoms with Gasteiger partial charge in [0.2, 0.25) is 0 Å². The van der Waals surface area contributed by atoms with Crippen LogP contribution in [0.2, 0.25) is 5.02 Å². The number of thiazole rings is 1. The van der Waals surface area contributed by atoms with E-state index in [4.69, 9.17) is 35.5 Å². The molecule has 1 aliphatic heterocycles. The number of benzene rings is 3. The van der Waals surface area contributed by atoms with Crippen LogP contribution in [0.1, 0.15) is 36.6 Å². The second-order valence-corrected chi connectivity index (χ2v) is 12.1. The van der Waals surface area contributed by atoms with E-state index < -0.39 is 18.0 Å². The van der Waals surface area contributed by atoms with Crippen LogP contribution in [0.25, 0.3) is 11.8 Å². The number of esters is 2. The summed E-state index contributed by atoms with van der Waals surface area (Å²) in [6, 6.07) is 19.6. The lowest BCUT2D eigenvalue weighted by Crippen LogP contribution is -2.40. The smallest absolute Gasteiger partial charge is 0.344 e. The summed E-state index contributed by atoms with van der Waals surface area (Å²) in [5, 5.41) is 0.186. The standard InChI is InChI=1S/C34H31ClN2O7S2/c1-5-42-27(38)19-44-31-24(35)16-20(17-25(31)41-3)18-26-32(39)37-30(22-12-14-23(45-4)15-13-22)28(33(40)43-6-2)29(36-34(37)46-26)21-10-8-7-9-11-21/h7-18,30H,5-6,19H2,1-4H3/b26-18-/t30-/m0/s1. The monoisotopic (exact) mass is 678 g/mol. The number of nitrogens with zero attached hydrogens (tertiary/aromatic N) is 2. The summed E-state index contributed by atoms with van der Waals surface area (Å²) in [5.41, 5.74) is 2.41. The lowest BCUT2D eigenvalue weighted by Gasteiger charge is -2.26. The van der Waals surface area contributed by atoms with Crippen molar-refractivity contribution in [1.29, 1.82) is 0 Å². The zero-order valence-corrected chi connectivity index (χ0v) is 28.0. The summed E-state index contributed by atoms with van der Waals surface area (Å²) in [4.78, 5) is 46.0. The highest BCUT2D eigenvalue weighted by atomic mass is 35.5. The highest BCUT2D eigenvalue weighted by Gasteiger charge is 2.35. The van der Waals surface area contributed by atoms with Crippen LogP contribution < -0.4 is 24.4 Å². The van der Waals surface area contributed by atoms with Crippen LogP contribution in [0.5, 0.6) is 11.5 Å². The van der Waals surface area contributed by atoms with Gasteiger partial charge in [0.15, 0.2) is 22.9 Å². The summed E-state index contributed by atoms with van der Waals surface area (Å²) in [7, 11) is 1.45. The van der Waals surface area contributed by atoms with Crippen LogP contribution in [0, 0.1) is 0 Å². The molecule has 0 saturated carbocycles. The highest BCUT2D eigenvalue weighted by Crippen LogP contribution is 2.37. The molecular weight excluding hydrogens is 648 g/mol. The number of aromatic nitrogens is 1. The van der Waals surface area contributed by atoms with E-state index in [2.05, 4.69) is 0 Å². The van der Waals surface area contributed by atoms with Crippen molar-refractivity contribution in [3.63, 3.8) is 0 Å². The highest BCUT2D eigenvalue weighted by molar-refractivity contribution is 7.98. The number of halogens is 1. The van der Waals surface area contributed by atoms with E-state index in [1.165, 1.54) is 18.4 Å². The molecule has 0 fully saturated rings. The van der Waals surface area contributed by atoms with Gasteiger partial charge in [-0.3, -0.25) is 9.36 Å². The van der Waals surface area contributed by atoms with E-state index in [-0.39, 0.29) is 47.5 Å². The predicted molar refractivity (Wildman–Crippen MR) is 179 cm³/mol. The minimum Gasteiger partial charge on any atom is -0.493 e. The average molecular weight is 679 g/mol. The van der Waals surface area contributed by atoms with Crippen molar-refractivity contribution in [1.82, 2.24) is 4.57 Å². The summed E-state index contributed by atoms with van der Waals surface area (Å²) in [6.45, 7) is 3.49. The molecule has 238 valence electrons. The minimum absolute atomic E-state index is 0.162. The van der Waals surface area contributed by atoms with Crippen LogP contribution in [0.4, 0.5) is 0 Å². The molecule has 2 heterocycles. The fraction of sp³-hybridized carbons (Fsp3) is 0.235.